The summed E-state index contributed by atoms with van der Waals surface area (Å²) in [6.45, 7) is 6.86. The van der Waals surface area contributed by atoms with Crippen LogP contribution in [0.25, 0.3) is 0 Å². The SMILES string of the molecule is CC(C)N(CC1CCCCN1)C(=O)C1CCCCO1. The molecule has 0 aromatic carbocycles. The summed E-state index contributed by atoms with van der Waals surface area (Å²) in [7, 11) is 0. The zero-order valence-corrected chi connectivity index (χ0v) is 12.4. The molecule has 0 bridgehead atoms. The predicted octanol–water partition coefficient (Wildman–Crippen LogP) is 1.93. The molecule has 4 nitrogen and oxygen atoms in total. The van der Waals surface area contributed by atoms with Gasteiger partial charge >= 0.3 is 0 Å². The standard InChI is InChI=1S/C15H28N2O2/c1-12(2)17(11-13-7-3-5-9-16-13)15(18)14-8-4-6-10-19-14/h12-14,16H,3-11H2,1-2H3. The Bertz CT molecular complexity index is 282. The van der Waals surface area contributed by atoms with E-state index in [0.29, 0.717) is 6.04 Å². The van der Waals surface area contributed by atoms with Crippen LogP contribution < -0.4 is 5.32 Å². The highest BCUT2D eigenvalue weighted by molar-refractivity contribution is 5.81. The number of hydrogen-bond donors (Lipinski definition) is 1. The van der Waals surface area contributed by atoms with Gasteiger partial charge in [-0.2, -0.15) is 0 Å². The van der Waals surface area contributed by atoms with E-state index in [1.807, 2.05) is 4.90 Å². The lowest BCUT2D eigenvalue weighted by Gasteiger charge is -2.36. The van der Waals surface area contributed by atoms with Crippen LogP contribution in [0.5, 0.6) is 0 Å². The van der Waals surface area contributed by atoms with E-state index in [1.54, 1.807) is 0 Å². The fraction of sp³-hybridized carbons (Fsp3) is 0.933. The van der Waals surface area contributed by atoms with Crippen molar-refractivity contribution in [1.29, 1.82) is 0 Å². The van der Waals surface area contributed by atoms with Crippen LogP contribution in [-0.2, 0) is 9.53 Å². The fourth-order valence-corrected chi connectivity index (χ4v) is 2.99. The Balaban J connectivity index is 1.91. The van der Waals surface area contributed by atoms with E-state index in [9.17, 15) is 4.79 Å². The first-order valence-corrected chi connectivity index (χ1v) is 7.84. The maximum absolute atomic E-state index is 12.6. The number of carbonyl (C=O) groups is 1. The normalized spacial score (nSPS) is 28.4. The first-order valence-electron chi connectivity index (χ1n) is 7.84. The molecule has 2 aliphatic rings. The van der Waals surface area contributed by atoms with Crippen LogP contribution in [-0.4, -0.2) is 48.7 Å². The zero-order valence-electron chi connectivity index (χ0n) is 12.4. The largest absolute Gasteiger partial charge is 0.368 e. The summed E-state index contributed by atoms with van der Waals surface area (Å²) in [6.07, 6.45) is 6.62. The summed E-state index contributed by atoms with van der Waals surface area (Å²) in [4.78, 5) is 14.6. The Morgan fingerprint density at radius 2 is 2.05 bits per heavy atom. The van der Waals surface area contributed by atoms with Gasteiger partial charge < -0.3 is 15.0 Å². The van der Waals surface area contributed by atoms with Gasteiger partial charge in [-0.3, -0.25) is 4.79 Å². The molecule has 2 aliphatic heterocycles. The minimum Gasteiger partial charge on any atom is -0.368 e. The third-order valence-corrected chi connectivity index (χ3v) is 4.19. The molecule has 0 aliphatic carbocycles. The van der Waals surface area contributed by atoms with Gasteiger partial charge in [-0.05, 0) is 52.5 Å². The minimum absolute atomic E-state index is 0.195. The van der Waals surface area contributed by atoms with Crippen molar-refractivity contribution in [3.8, 4) is 0 Å². The average Bonchev–Trinajstić information content (AvgIpc) is 2.46. The highest BCUT2D eigenvalue weighted by Gasteiger charge is 2.30. The maximum atomic E-state index is 12.6. The van der Waals surface area contributed by atoms with Crippen molar-refractivity contribution in [2.45, 2.75) is 70.6 Å². The third-order valence-electron chi connectivity index (χ3n) is 4.19. The van der Waals surface area contributed by atoms with E-state index >= 15 is 0 Å². The first kappa shape index (κ1) is 14.8. The number of amides is 1. The average molecular weight is 268 g/mol. The van der Waals surface area contributed by atoms with E-state index in [2.05, 4.69) is 19.2 Å². The summed E-state index contributed by atoms with van der Waals surface area (Å²) in [5.74, 6) is 0.196. The monoisotopic (exact) mass is 268 g/mol. The molecular formula is C15H28N2O2. The number of ether oxygens (including phenoxy) is 1. The van der Waals surface area contributed by atoms with Crippen LogP contribution >= 0.6 is 0 Å². The molecule has 2 fully saturated rings. The number of nitrogens with zero attached hydrogens (tertiary/aromatic N) is 1. The maximum Gasteiger partial charge on any atom is 0.251 e. The van der Waals surface area contributed by atoms with Crippen LogP contribution in [0.1, 0.15) is 52.4 Å². The van der Waals surface area contributed by atoms with E-state index in [4.69, 9.17) is 4.74 Å². The van der Waals surface area contributed by atoms with Crippen LogP contribution in [0.3, 0.4) is 0 Å². The fourth-order valence-electron chi connectivity index (χ4n) is 2.99. The molecule has 2 saturated heterocycles. The Kier molecular flexibility index (Phi) is 5.64. The highest BCUT2D eigenvalue weighted by Crippen LogP contribution is 2.18. The lowest BCUT2D eigenvalue weighted by atomic mass is 10.0. The Hall–Kier alpha value is -0.610. The van der Waals surface area contributed by atoms with Crippen molar-refractivity contribution in [2.24, 2.45) is 0 Å². The molecule has 19 heavy (non-hydrogen) atoms. The molecule has 0 spiro atoms. The Morgan fingerprint density at radius 1 is 1.26 bits per heavy atom. The molecule has 2 heterocycles. The second kappa shape index (κ2) is 7.25. The lowest BCUT2D eigenvalue weighted by molar-refractivity contribution is -0.148. The van der Waals surface area contributed by atoms with Crippen molar-refractivity contribution in [2.75, 3.05) is 19.7 Å². The van der Waals surface area contributed by atoms with Gasteiger partial charge in [-0.15, -0.1) is 0 Å². The molecular weight excluding hydrogens is 240 g/mol. The molecule has 2 atom stereocenters. The van der Waals surface area contributed by atoms with E-state index in [0.717, 1.165) is 39.0 Å². The van der Waals surface area contributed by atoms with Crippen molar-refractivity contribution >= 4 is 5.91 Å². The number of hydrogen-bond acceptors (Lipinski definition) is 3. The quantitative estimate of drug-likeness (QED) is 0.847. The molecule has 0 radical (unpaired) electrons. The van der Waals surface area contributed by atoms with Gasteiger partial charge in [0.2, 0.25) is 0 Å². The number of piperidine rings is 1. The number of nitrogens with one attached hydrogen (secondary N) is 1. The molecule has 4 heteroatoms. The van der Waals surface area contributed by atoms with E-state index in [1.165, 1.54) is 19.3 Å². The smallest absolute Gasteiger partial charge is 0.251 e. The molecule has 1 amide bonds. The third kappa shape index (κ3) is 4.18. The second-order valence-electron chi connectivity index (χ2n) is 6.09. The summed E-state index contributed by atoms with van der Waals surface area (Å²) in [5.41, 5.74) is 0. The topological polar surface area (TPSA) is 41.6 Å². The first-order chi connectivity index (χ1) is 9.18. The van der Waals surface area contributed by atoms with Crippen molar-refractivity contribution in [1.82, 2.24) is 10.2 Å². The number of rotatable bonds is 4. The molecule has 0 saturated carbocycles. The van der Waals surface area contributed by atoms with Gasteiger partial charge in [-0.1, -0.05) is 6.42 Å². The van der Waals surface area contributed by atoms with Gasteiger partial charge in [0.25, 0.3) is 5.91 Å². The molecule has 2 unspecified atom stereocenters. The molecule has 0 aromatic rings. The summed E-state index contributed by atoms with van der Waals surface area (Å²) in [5, 5.41) is 3.53. The molecule has 0 aromatic heterocycles. The van der Waals surface area contributed by atoms with Gasteiger partial charge in [0.15, 0.2) is 0 Å². The summed E-state index contributed by atoms with van der Waals surface area (Å²) < 4.78 is 5.65. The van der Waals surface area contributed by atoms with E-state index < -0.39 is 0 Å². The van der Waals surface area contributed by atoms with Gasteiger partial charge in [0, 0.05) is 25.2 Å². The predicted molar refractivity (Wildman–Crippen MR) is 76.1 cm³/mol. The van der Waals surface area contributed by atoms with Crippen molar-refractivity contribution < 1.29 is 9.53 Å². The minimum atomic E-state index is -0.195. The van der Waals surface area contributed by atoms with Crippen LogP contribution in [0.15, 0.2) is 0 Å². The van der Waals surface area contributed by atoms with Crippen molar-refractivity contribution in [3.05, 3.63) is 0 Å². The lowest BCUT2D eigenvalue weighted by Crippen LogP contribution is -2.51. The van der Waals surface area contributed by atoms with Crippen LogP contribution in [0, 0.1) is 0 Å². The van der Waals surface area contributed by atoms with Crippen LogP contribution in [0.4, 0.5) is 0 Å². The van der Waals surface area contributed by atoms with Crippen LogP contribution in [0.2, 0.25) is 0 Å². The highest BCUT2D eigenvalue weighted by atomic mass is 16.5. The van der Waals surface area contributed by atoms with Gasteiger partial charge in [-0.25, -0.2) is 0 Å². The molecule has 2 rings (SSSR count). The van der Waals surface area contributed by atoms with Gasteiger partial charge in [0.1, 0.15) is 6.10 Å². The van der Waals surface area contributed by atoms with Gasteiger partial charge in [0.05, 0.1) is 0 Å². The second-order valence-corrected chi connectivity index (χ2v) is 6.09. The summed E-state index contributed by atoms with van der Waals surface area (Å²) >= 11 is 0. The Labute approximate surface area is 116 Å². The number of carbonyl (C=O) groups excluding carboxylic acids is 1. The van der Waals surface area contributed by atoms with E-state index in [-0.39, 0.29) is 18.1 Å². The summed E-state index contributed by atoms with van der Waals surface area (Å²) in [6, 6.07) is 0.713. The molecule has 1 N–H and O–H groups in total. The zero-order chi connectivity index (χ0) is 13.7. The van der Waals surface area contributed by atoms with Crippen molar-refractivity contribution in [3.63, 3.8) is 0 Å². The molecule has 110 valence electrons. The Morgan fingerprint density at radius 3 is 2.63 bits per heavy atom.